The van der Waals surface area contributed by atoms with E-state index in [1.165, 1.54) is 48.5 Å². The molecule has 1 aliphatic rings. The fourth-order valence-corrected chi connectivity index (χ4v) is 8.14. The fourth-order valence-electron chi connectivity index (χ4n) is 8.14. The molecule has 0 spiro atoms. The lowest BCUT2D eigenvalue weighted by Crippen LogP contribution is -2.44. The molecule has 6 unspecified atom stereocenters. The molecule has 1 heterocycles. The Morgan fingerprint density at radius 1 is 0.464 bits per heavy atom. The molecule has 0 bridgehead atoms. The summed E-state index contributed by atoms with van der Waals surface area (Å²) in [7, 11) is -3.29. The quantitative estimate of drug-likeness (QED) is 0.0175. The number of benzene rings is 2. The second kappa shape index (κ2) is 43.7. The summed E-state index contributed by atoms with van der Waals surface area (Å²) >= 11 is 0. The highest BCUT2D eigenvalue weighted by atomic mass is 16.7. The number of hydrogen-bond acceptors (Lipinski definition) is 20. The smallest absolute Gasteiger partial charge is 0.423 e. The molecular weight excluding hydrogens is 1090 g/mol. The average Bonchev–Trinajstić information content (AvgIpc) is 4.02. The van der Waals surface area contributed by atoms with Gasteiger partial charge in [0.15, 0.2) is 0 Å². The zero-order valence-electron chi connectivity index (χ0n) is 48.2. The van der Waals surface area contributed by atoms with Crippen molar-refractivity contribution in [3.8, 4) is 0 Å². The summed E-state index contributed by atoms with van der Waals surface area (Å²) in [5, 5.41) is 56.1. The number of nitrogens with two attached hydrogens (primary N) is 5. The van der Waals surface area contributed by atoms with Gasteiger partial charge < -0.3 is 90.8 Å². The van der Waals surface area contributed by atoms with Gasteiger partial charge in [0.2, 0.25) is 35.4 Å². The van der Waals surface area contributed by atoms with E-state index >= 15 is 0 Å². The molecule has 1 aliphatic heterocycles. The molecule has 2 aromatic carbocycles. The van der Waals surface area contributed by atoms with E-state index in [-0.39, 0.29) is 157 Å². The Balaban J connectivity index is 0.00000185. The maximum absolute atomic E-state index is 13.6. The van der Waals surface area contributed by atoms with E-state index in [1.54, 1.807) is 6.92 Å². The van der Waals surface area contributed by atoms with Crippen LogP contribution < -0.4 is 76.8 Å². The zero-order chi connectivity index (χ0) is 62.4. The summed E-state index contributed by atoms with van der Waals surface area (Å²) in [5.41, 5.74) is 28.6. The molecule has 0 saturated carbocycles. The van der Waals surface area contributed by atoms with Crippen LogP contribution in [0.5, 0.6) is 0 Å². The molecule has 28 nitrogen and oxygen atoms in total. The van der Waals surface area contributed by atoms with Gasteiger partial charge in [0.05, 0.1) is 5.56 Å². The first kappa shape index (κ1) is 77.1. The Bertz CT molecular complexity index is 2320. The van der Waals surface area contributed by atoms with Crippen LogP contribution in [-0.4, -0.2) is 177 Å². The number of rotatable bonds is 35. The van der Waals surface area contributed by atoms with Gasteiger partial charge in [0, 0.05) is 132 Å². The first-order chi connectivity index (χ1) is 39.6. The van der Waals surface area contributed by atoms with Crippen LogP contribution in [0.2, 0.25) is 0 Å². The monoisotopic (exact) mass is 1190 g/mol. The molecule has 2 aromatic rings. The van der Waals surface area contributed by atoms with E-state index in [2.05, 4.69) is 37.2 Å². The highest BCUT2D eigenvalue weighted by Crippen LogP contribution is 2.30. The van der Waals surface area contributed by atoms with E-state index in [0.29, 0.717) is 36.6 Å². The van der Waals surface area contributed by atoms with Crippen LogP contribution in [0.1, 0.15) is 114 Å². The van der Waals surface area contributed by atoms with E-state index < -0.39 is 79.3 Å². The molecule has 84 heavy (non-hydrogen) atoms. The maximum atomic E-state index is 13.6. The summed E-state index contributed by atoms with van der Waals surface area (Å²) in [4.78, 5) is 129. The molecule has 0 aromatic heterocycles. The predicted octanol–water partition coefficient (Wildman–Crippen LogP) is -4.70. The lowest BCUT2D eigenvalue weighted by Gasteiger charge is -2.29. The Morgan fingerprint density at radius 2 is 0.762 bits per heavy atom. The molecule has 6 atom stereocenters. The average molecular weight is 1190 g/mol. The summed E-state index contributed by atoms with van der Waals surface area (Å²) in [6.07, 6.45) is 1.98. The number of carbonyl (C=O) groups excluding carboxylic acids is 10. The van der Waals surface area contributed by atoms with Gasteiger partial charge in [-0.05, 0) is 80.1 Å². The highest BCUT2D eigenvalue weighted by molar-refractivity contribution is 6.59. The van der Waals surface area contributed by atoms with E-state index in [0.717, 1.165) is 6.42 Å². The van der Waals surface area contributed by atoms with Crippen LogP contribution in [0.4, 0.5) is 0 Å². The Labute approximate surface area is 493 Å². The number of carbonyl (C=O) groups is 10. The molecule has 0 aliphatic carbocycles. The summed E-state index contributed by atoms with van der Waals surface area (Å²) in [6.45, 7) is 10.4. The van der Waals surface area contributed by atoms with Crippen LogP contribution in [0.15, 0.2) is 48.5 Å². The minimum absolute atomic E-state index is 0. The number of nitrogens with zero attached hydrogens (tertiary/aromatic N) is 1. The second-order valence-electron chi connectivity index (χ2n) is 19.5. The van der Waals surface area contributed by atoms with Gasteiger partial charge in [-0.25, -0.2) is 4.79 Å². The topological polar surface area (TPSA) is 478 Å². The third-order valence-electron chi connectivity index (χ3n) is 13.2. The summed E-state index contributed by atoms with van der Waals surface area (Å²) in [6, 6.07) is 11.0. The minimum Gasteiger partial charge on any atom is -0.423 e. The Kier molecular flexibility index (Phi) is 40.1. The van der Waals surface area contributed by atoms with Gasteiger partial charge in [0.1, 0.15) is 0 Å². The normalized spacial score (nSPS) is 13.7. The van der Waals surface area contributed by atoms with Crippen LogP contribution in [0.25, 0.3) is 0 Å². The van der Waals surface area contributed by atoms with Crippen molar-refractivity contribution in [2.75, 3.05) is 78.5 Å². The molecule has 3 rings (SSSR count). The van der Waals surface area contributed by atoms with Gasteiger partial charge in [-0.3, -0.25) is 43.2 Å². The third kappa shape index (κ3) is 29.1. The van der Waals surface area contributed by atoms with E-state index in [4.69, 9.17) is 43.6 Å². The number of hydroxylamine groups is 2. The van der Waals surface area contributed by atoms with Crippen LogP contribution >= 0.6 is 0 Å². The number of nitrogens with one attached hydrogen (secondary N) is 7. The maximum Gasteiger partial charge on any atom is 0.488 e. The molecule has 1 fully saturated rings. The summed E-state index contributed by atoms with van der Waals surface area (Å²) < 4.78 is 0. The Hall–Kier alpha value is -6.89. The molecule has 0 radical (unpaired) electrons. The van der Waals surface area contributed by atoms with E-state index in [9.17, 15) is 58.0 Å². The summed E-state index contributed by atoms with van der Waals surface area (Å²) in [5.74, 6) is -7.60. The molecule has 1 saturated heterocycles. The fraction of sp³-hybridized carbons (Fsp3) is 0.593. The van der Waals surface area contributed by atoms with Crippen molar-refractivity contribution in [2.24, 2.45) is 64.2 Å². The molecule has 30 heteroatoms. The first-order valence-corrected chi connectivity index (χ1v) is 28.0. The van der Waals surface area contributed by atoms with Gasteiger partial charge in [0.25, 0.3) is 17.7 Å². The van der Waals surface area contributed by atoms with Crippen molar-refractivity contribution in [2.45, 2.75) is 92.9 Å². The number of hydrogen-bond donors (Lipinski definition) is 16. The standard InChI is InChI=1S/C35H63BN10O8.C11H10BNO6.C7H16N2O.CH4/c1-3-23(30(47)41-13-9-37)19-26(33(50)42-14-10-38)21-28(35(52)44-16-12-40)22-27(34(51)43-15-11-39)20-24(4-2)31(48)45-17-18-46-32(49)25-5-7-29(8-6-25)36(53)54;14-9-5-6-10(15)13(9)19-11(16)7-1-3-8(4-2-7)12(17)18;1-3-6(2)7(10)9-5-4-8;/h5-8,23-24,26-28,53-54H,3-4,9-22,37-40H2,1-2H3,(H,41,47)(H,42,50)(H,43,51)(H,44,52)(H,45,48)(H,46,49);1-4,17-18H,5-6H2;6H,3-5,8H2,1-2H3,(H,9,10);1H4. The third-order valence-corrected chi connectivity index (χ3v) is 13.2. The van der Waals surface area contributed by atoms with Crippen molar-refractivity contribution in [3.05, 3.63) is 59.7 Å². The SMILES string of the molecule is C.CCC(C)C(=O)NCCN.CCC(CC(CC(CC(CC(CC)C(=O)NCCNC(=O)c1ccc(B(O)O)cc1)C(=O)NCCN)C(=O)NCCN)C(=O)NCCN)C(=O)NCCN.O=C(ON1C(=O)CCC1=O)c1ccc(B(O)O)cc1. The highest BCUT2D eigenvalue weighted by Gasteiger charge is 2.36. The van der Waals surface area contributed by atoms with Crippen LogP contribution in [0.3, 0.4) is 0 Å². The van der Waals surface area contributed by atoms with Crippen molar-refractivity contribution < 1.29 is 72.9 Å². The number of imide groups is 1. The van der Waals surface area contributed by atoms with Crippen molar-refractivity contribution in [1.82, 2.24) is 42.3 Å². The Morgan fingerprint density at radius 3 is 1.08 bits per heavy atom. The van der Waals surface area contributed by atoms with Crippen molar-refractivity contribution in [3.63, 3.8) is 0 Å². The van der Waals surface area contributed by atoms with Gasteiger partial charge in [-0.2, -0.15) is 0 Å². The van der Waals surface area contributed by atoms with Crippen molar-refractivity contribution in [1.29, 1.82) is 0 Å². The lowest BCUT2D eigenvalue weighted by atomic mass is 9.78. The van der Waals surface area contributed by atoms with Gasteiger partial charge in [-0.1, -0.05) is 59.4 Å². The van der Waals surface area contributed by atoms with Crippen LogP contribution in [-0.2, 0) is 43.2 Å². The predicted molar refractivity (Wildman–Crippen MR) is 317 cm³/mol. The first-order valence-electron chi connectivity index (χ1n) is 28.0. The lowest BCUT2D eigenvalue weighted by molar-refractivity contribution is -0.172. The minimum atomic E-state index is -1.65. The molecule has 21 N–H and O–H groups in total. The van der Waals surface area contributed by atoms with E-state index in [1.807, 2.05) is 20.8 Å². The van der Waals surface area contributed by atoms with Gasteiger partial charge >= 0.3 is 20.2 Å². The second-order valence-corrected chi connectivity index (χ2v) is 19.5. The molecule has 470 valence electrons. The van der Waals surface area contributed by atoms with Crippen LogP contribution in [0, 0.1) is 35.5 Å². The zero-order valence-corrected chi connectivity index (χ0v) is 48.2. The molecular formula is C54H93B2N13O15. The largest absolute Gasteiger partial charge is 0.488 e. The molecule has 9 amide bonds. The van der Waals surface area contributed by atoms with Crippen molar-refractivity contribution >= 4 is 84.3 Å². The number of amides is 9. The van der Waals surface area contributed by atoms with Gasteiger partial charge in [-0.15, -0.1) is 5.06 Å².